The quantitative estimate of drug-likeness (QED) is 0.749. The third-order valence-corrected chi connectivity index (χ3v) is 3.16. The highest BCUT2D eigenvalue weighted by Crippen LogP contribution is 2.25. The highest BCUT2D eigenvalue weighted by molar-refractivity contribution is 5.44. The molecule has 2 aromatic carbocycles. The summed E-state index contributed by atoms with van der Waals surface area (Å²) < 4.78 is 0. The molecule has 0 saturated carbocycles. The average Bonchev–Trinajstić information content (AvgIpc) is 3.01. The molecule has 0 aliphatic carbocycles. The predicted molar refractivity (Wildman–Crippen MR) is 76.6 cm³/mol. The molecule has 0 atom stereocenters. The van der Waals surface area contributed by atoms with Crippen LogP contribution < -0.4 is 0 Å². The van der Waals surface area contributed by atoms with Gasteiger partial charge in [-0.2, -0.15) is 5.10 Å². The number of hydrogen-bond donors (Lipinski definition) is 1. The lowest BCUT2D eigenvalue weighted by atomic mass is 9.89. The number of hydrogen-bond acceptors (Lipinski definition) is 1. The fourth-order valence-electron chi connectivity index (χ4n) is 2.21. The standard InChI is InChI=1S/C17H15N2/c1-3-7-14(8-4-1)13-16(17-11-12-18-19-17)15-9-5-2-6-10-15/h1-12H,13H2,(H,18,19). The van der Waals surface area contributed by atoms with E-state index in [1.165, 1.54) is 17.0 Å². The minimum absolute atomic E-state index is 0.885. The molecule has 0 fully saturated rings. The van der Waals surface area contributed by atoms with E-state index in [1.54, 1.807) is 0 Å². The summed E-state index contributed by atoms with van der Waals surface area (Å²) in [5.41, 5.74) is 3.53. The minimum atomic E-state index is 0.885. The van der Waals surface area contributed by atoms with Gasteiger partial charge in [-0.05, 0) is 23.6 Å². The third kappa shape index (κ3) is 2.74. The molecule has 3 rings (SSSR count). The number of aromatic nitrogens is 2. The van der Waals surface area contributed by atoms with E-state index >= 15 is 0 Å². The van der Waals surface area contributed by atoms with E-state index in [9.17, 15) is 0 Å². The highest BCUT2D eigenvalue weighted by Gasteiger charge is 2.17. The lowest BCUT2D eigenvalue weighted by molar-refractivity contribution is 0.949. The lowest BCUT2D eigenvalue weighted by Crippen LogP contribution is -2.06. The van der Waals surface area contributed by atoms with E-state index in [-0.39, 0.29) is 0 Å². The highest BCUT2D eigenvalue weighted by atomic mass is 15.1. The molecule has 0 spiro atoms. The van der Waals surface area contributed by atoms with Gasteiger partial charge in [-0.3, -0.25) is 5.10 Å². The Balaban J connectivity index is 1.94. The van der Waals surface area contributed by atoms with Crippen LogP contribution in [0.2, 0.25) is 0 Å². The van der Waals surface area contributed by atoms with Crippen LogP contribution in [0.3, 0.4) is 0 Å². The summed E-state index contributed by atoms with van der Waals surface area (Å²) >= 11 is 0. The number of benzene rings is 2. The lowest BCUT2D eigenvalue weighted by Gasteiger charge is -2.14. The molecule has 0 aliphatic rings. The van der Waals surface area contributed by atoms with Crippen LogP contribution in [0.1, 0.15) is 16.8 Å². The van der Waals surface area contributed by atoms with E-state index in [2.05, 4.69) is 58.7 Å². The van der Waals surface area contributed by atoms with Crippen molar-refractivity contribution in [2.75, 3.05) is 0 Å². The largest absolute Gasteiger partial charge is 0.285 e. The van der Waals surface area contributed by atoms with Crippen LogP contribution in [0.5, 0.6) is 0 Å². The number of nitrogens with one attached hydrogen (secondary N) is 1. The normalized spacial score (nSPS) is 10.8. The van der Waals surface area contributed by atoms with E-state index in [4.69, 9.17) is 0 Å². The third-order valence-electron chi connectivity index (χ3n) is 3.16. The summed E-state index contributed by atoms with van der Waals surface area (Å²) in [7, 11) is 0. The number of rotatable bonds is 4. The van der Waals surface area contributed by atoms with Gasteiger partial charge < -0.3 is 0 Å². The first-order valence-corrected chi connectivity index (χ1v) is 6.39. The molecule has 0 saturated heterocycles. The molecular formula is C17H15N2. The molecule has 1 aromatic heterocycles. The molecule has 0 unspecified atom stereocenters. The van der Waals surface area contributed by atoms with Gasteiger partial charge in [0.15, 0.2) is 0 Å². The number of aromatic amines is 1. The van der Waals surface area contributed by atoms with Gasteiger partial charge in [0, 0.05) is 6.20 Å². The Bertz CT molecular complexity index is 600. The first kappa shape index (κ1) is 11.7. The van der Waals surface area contributed by atoms with Gasteiger partial charge in [0.2, 0.25) is 0 Å². The fourth-order valence-corrected chi connectivity index (χ4v) is 2.21. The summed E-state index contributed by atoms with van der Waals surface area (Å²) in [5.74, 6) is 1.24. The Hall–Kier alpha value is -2.35. The topological polar surface area (TPSA) is 28.7 Å². The molecule has 0 aliphatic heterocycles. The van der Waals surface area contributed by atoms with Crippen LogP contribution >= 0.6 is 0 Å². The zero-order valence-corrected chi connectivity index (χ0v) is 10.6. The molecule has 1 heterocycles. The van der Waals surface area contributed by atoms with Crippen molar-refractivity contribution in [3.63, 3.8) is 0 Å². The Kier molecular flexibility index (Phi) is 3.41. The van der Waals surface area contributed by atoms with Gasteiger partial charge in [-0.15, -0.1) is 0 Å². The van der Waals surface area contributed by atoms with Crippen molar-refractivity contribution in [1.29, 1.82) is 0 Å². The molecular weight excluding hydrogens is 232 g/mol. The van der Waals surface area contributed by atoms with Crippen molar-refractivity contribution in [2.24, 2.45) is 0 Å². The van der Waals surface area contributed by atoms with E-state index < -0.39 is 0 Å². The average molecular weight is 247 g/mol. The van der Waals surface area contributed by atoms with Crippen molar-refractivity contribution in [3.05, 3.63) is 95.7 Å². The predicted octanol–water partition coefficient (Wildman–Crippen LogP) is 3.62. The maximum atomic E-state index is 4.33. The Morgan fingerprint density at radius 1 is 0.842 bits per heavy atom. The van der Waals surface area contributed by atoms with Crippen molar-refractivity contribution in [1.82, 2.24) is 10.2 Å². The molecule has 0 amide bonds. The van der Waals surface area contributed by atoms with E-state index in [1.807, 2.05) is 24.4 Å². The minimum Gasteiger partial charge on any atom is -0.285 e. The molecule has 93 valence electrons. The van der Waals surface area contributed by atoms with Gasteiger partial charge in [0.05, 0.1) is 11.6 Å². The van der Waals surface area contributed by atoms with Crippen molar-refractivity contribution < 1.29 is 0 Å². The second kappa shape index (κ2) is 5.53. The maximum Gasteiger partial charge on any atom is 0.0744 e. The number of H-pyrrole nitrogens is 1. The Morgan fingerprint density at radius 2 is 1.53 bits per heavy atom. The van der Waals surface area contributed by atoms with Crippen molar-refractivity contribution in [3.8, 4) is 0 Å². The second-order valence-corrected chi connectivity index (χ2v) is 4.47. The zero-order valence-electron chi connectivity index (χ0n) is 10.6. The SMILES string of the molecule is c1ccc(C[C](c2ccccc2)c2cc[nH]n2)cc1. The zero-order chi connectivity index (χ0) is 12.9. The van der Waals surface area contributed by atoms with E-state index in [0.717, 1.165) is 12.1 Å². The number of nitrogens with zero attached hydrogens (tertiary/aromatic N) is 1. The molecule has 3 aromatic rings. The second-order valence-electron chi connectivity index (χ2n) is 4.47. The summed E-state index contributed by atoms with van der Waals surface area (Å²) in [6.07, 6.45) is 2.75. The van der Waals surface area contributed by atoms with Crippen LogP contribution in [-0.4, -0.2) is 10.2 Å². The van der Waals surface area contributed by atoms with Crippen molar-refractivity contribution in [2.45, 2.75) is 6.42 Å². The summed E-state index contributed by atoms with van der Waals surface area (Å²) in [6.45, 7) is 0. The first-order valence-electron chi connectivity index (χ1n) is 6.39. The Morgan fingerprint density at radius 3 is 2.16 bits per heavy atom. The molecule has 2 nitrogen and oxygen atoms in total. The van der Waals surface area contributed by atoms with Crippen LogP contribution in [0.25, 0.3) is 0 Å². The van der Waals surface area contributed by atoms with Gasteiger partial charge in [-0.25, -0.2) is 0 Å². The Labute approximate surface area is 113 Å². The van der Waals surface area contributed by atoms with Gasteiger partial charge in [0.1, 0.15) is 0 Å². The van der Waals surface area contributed by atoms with Crippen LogP contribution in [0.15, 0.2) is 72.9 Å². The van der Waals surface area contributed by atoms with E-state index in [0.29, 0.717) is 0 Å². The summed E-state index contributed by atoms with van der Waals surface area (Å²) in [5, 5.41) is 7.22. The molecule has 1 radical (unpaired) electrons. The summed E-state index contributed by atoms with van der Waals surface area (Å²) in [4.78, 5) is 0. The maximum absolute atomic E-state index is 4.33. The molecule has 0 bridgehead atoms. The molecule has 19 heavy (non-hydrogen) atoms. The molecule has 2 heteroatoms. The monoisotopic (exact) mass is 247 g/mol. The van der Waals surface area contributed by atoms with Crippen LogP contribution in [0.4, 0.5) is 0 Å². The van der Waals surface area contributed by atoms with Gasteiger partial charge in [-0.1, -0.05) is 60.7 Å². The fraction of sp³-hybridized carbons (Fsp3) is 0.0588. The smallest absolute Gasteiger partial charge is 0.0744 e. The van der Waals surface area contributed by atoms with Gasteiger partial charge in [0.25, 0.3) is 0 Å². The summed E-state index contributed by atoms with van der Waals surface area (Å²) in [6, 6.07) is 22.9. The van der Waals surface area contributed by atoms with Gasteiger partial charge >= 0.3 is 0 Å². The van der Waals surface area contributed by atoms with Crippen molar-refractivity contribution >= 4 is 0 Å². The van der Waals surface area contributed by atoms with Crippen LogP contribution in [-0.2, 0) is 6.42 Å². The molecule has 1 N–H and O–H groups in total. The first-order chi connectivity index (χ1) is 9.43. The van der Waals surface area contributed by atoms with Crippen LogP contribution in [0, 0.1) is 5.92 Å².